The van der Waals surface area contributed by atoms with Gasteiger partial charge in [0.05, 0.1) is 0 Å². The molecule has 1 heterocycles. The second-order valence-corrected chi connectivity index (χ2v) is 6.04. The first-order chi connectivity index (χ1) is 10.0. The molecule has 0 spiro atoms. The summed E-state index contributed by atoms with van der Waals surface area (Å²) < 4.78 is 4.97. The maximum Gasteiger partial charge on any atom is 0.348 e. The number of carbonyl (C=O) groups excluding carboxylic acids is 2. The van der Waals surface area contributed by atoms with Crippen LogP contribution in [0.3, 0.4) is 0 Å². The summed E-state index contributed by atoms with van der Waals surface area (Å²) >= 11 is 1.35. The topological polar surface area (TPSA) is 55.4 Å². The number of esters is 1. The van der Waals surface area contributed by atoms with Crippen molar-refractivity contribution in [2.75, 3.05) is 6.61 Å². The molecule has 21 heavy (non-hydrogen) atoms. The minimum absolute atomic E-state index is 0.262. The summed E-state index contributed by atoms with van der Waals surface area (Å²) in [6.07, 6.45) is 0. The van der Waals surface area contributed by atoms with Gasteiger partial charge in [-0.2, -0.15) is 0 Å². The van der Waals surface area contributed by atoms with E-state index in [0.29, 0.717) is 11.4 Å². The molecule has 5 heteroatoms. The molecule has 0 fully saturated rings. The van der Waals surface area contributed by atoms with E-state index in [1.807, 2.05) is 44.2 Å². The molecule has 0 saturated carbocycles. The Bertz CT molecular complexity index is 631. The normalized spacial score (nSPS) is 10.2. The summed E-state index contributed by atoms with van der Waals surface area (Å²) in [5.41, 5.74) is 2.18. The smallest absolute Gasteiger partial charge is 0.348 e. The lowest BCUT2D eigenvalue weighted by atomic mass is 10.1. The SMILES string of the molecule is Cc1ccc(CNC(=O)COC(=O)c2ccc(C)s2)cc1. The molecule has 1 amide bonds. The van der Waals surface area contributed by atoms with Gasteiger partial charge in [-0.15, -0.1) is 11.3 Å². The molecule has 0 aliphatic heterocycles. The molecule has 0 atom stereocenters. The van der Waals surface area contributed by atoms with Crippen LogP contribution in [-0.2, 0) is 16.1 Å². The van der Waals surface area contributed by atoms with Crippen molar-refractivity contribution in [3.8, 4) is 0 Å². The maximum atomic E-state index is 11.7. The third kappa shape index (κ3) is 4.72. The van der Waals surface area contributed by atoms with E-state index in [1.54, 1.807) is 6.07 Å². The second-order valence-electron chi connectivity index (χ2n) is 4.75. The number of ether oxygens (including phenoxy) is 1. The predicted octanol–water partition coefficient (Wildman–Crippen LogP) is 2.84. The molecule has 2 rings (SSSR count). The number of nitrogens with one attached hydrogen (secondary N) is 1. The lowest BCUT2D eigenvalue weighted by Gasteiger charge is -2.06. The minimum Gasteiger partial charge on any atom is -0.451 e. The molecule has 0 radical (unpaired) electrons. The molecule has 0 unspecified atom stereocenters. The first-order valence-corrected chi connectivity index (χ1v) is 7.42. The van der Waals surface area contributed by atoms with Gasteiger partial charge in [0.15, 0.2) is 6.61 Å². The fourth-order valence-corrected chi connectivity index (χ4v) is 2.47. The molecule has 0 aliphatic rings. The van der Waals surface area contributed by atoms with E-state index >= 15 is 0 Å². The maximum absolute atomic E-state index is 11.7. The molecule has 4 nitrogen and oxygen atoms in total. The van der Waals surface area contributed by atoms with Gasteiger partial charge in [-0.25, -0.2) is 4.79 Å². The zero-order valence-electron chi connectivity index (χ0n) is 12.0. The van der Waals surface area contributed by atoms with Crippen LogP contribution in [0.1, 0.15) is 25.7 Å². The second kappa shape index (κ2) is 7.04. The van der Waals surface area contributed by atoms with Gasteiger partial charge < -0.3 is 10.1 Å². The van der Waals surface area contributed by atoms with Crippen LogP contribution >= 0.6 is 11.3 Å². The van der Waals surface area contributed by atoms with Crippen molar-refractivity contribution < 1.29 is 14.3 Å². The first-order valence-electron chi connectivity index (χ1n) is 6.60. The number of thiophene rings is 1. The molecular formula is C16H17NO3S. The minimum atomic E-state index is -0.460. The average molecular weight is 303 g/mol. The lowest BCUT2D eigenvalue weighted by molar-refractivity contribution is -0.124. The van der Waals surface area contributed by atoms with Crippen LogP contribution in [0.25, 0.3) is 0 Å². The molecule has 110 valence electrons. The van der Waals surface area contributed by atoms with E-state index in [9.17, 15) is 9.59 Å². The third-order valence-corrected chi connectivity index (χ3v) is 3.87. The summed E-state index contributed by atoms with van der Waals surface area (Å²) in [5, 5.41) is 2.72. The largest absolute Gasteiger partial charge is 0.451 e. The van der Waals surface area contributed by atoms with E-state index in [1.165, 1.54) is 16.9 Å². The molecule has 1 aromatic heterocycles. The number of benzene rings is 1. The van der Waals surface area contributed by atoms with Gasteiger partial charge in [0.2, 0.25) is 0 Å². The van der Waals surface area contributed by atoms with Crippen LogP contribution in [0.15, 0.2) is 36.4 Å². The van der Waals surface area contributed by atoms with Crippen LogP contribution in [0, 0.1) is 13.8 Å². The quantitative estimate of drug-likeness (QED) is 0.864. The Morgan fingerprint density at radius 2 is 1.81 bits per heavy atom. The Hall–Kier alpha value is -2.14. The number of hydrogen-bond acceptors (Lipinski definition) is 4. The lowest BCUT2D eigenvalue weighted by Crippen LogP contribution is -2.28. The number of rotatable bonds is 5. The number of carbonyl (C=O) groups is 2. The summed E-state index contributed by atoms with van der Waals surface area (Å²) in [5.74, 6) is -0.768. The van der Waals surface area contributed by atoms with Crippen molar-refractivity contribution in [1.29, 1.82) is 0 Å². The van der Waals surface area contributed by atoms with Crippen LogP contribution in [0.4, 0.5) is 0 Å². The molecule has 0 saturated heterocycles. The number of aryl methyl sites for hydroxylation is 2. The van der Waals surface area contributed by atoms with E-state index in [4.69, 9.17) is 4.74 Å². The Morgan fingerprint density at radius 1 is 1.10 bits per heavy atom. The molecule has 2 aromatic rings. The van der Waals surface area contributed by atoms with Gasteiger partial charge in [-0.3, -0.25) is 4.79 Å². The fourth-order valence-electron chi connectivity index (χ4n) is 1.70. The summed E-state index contributed by atoms with van der Waals surface area (Å²) in [7, 11) is 0. The number of hydrogen-bond donors (Lipinski definition) is 1. The Balaban J connectivity index is 1.74. The average Bonchev–Trinajstić information content (AvgIpc) is 2.91. The van der Waals surface area contributed by atoms with E-state index < -0.39 is 5.97 Å². The summed E-state index contributed by atoms with van der Waals surface area (Å²) in [6, 6.07) is 11.4. The van der Waals surface area contributed by atoms with Gasteiger partial charge in [0.25, 0.3) is 5.91 Å². The molecular weight excluding hydrogens is 286 g/mol. The third-order valence-electron chi connectivity index (χ3n) is 2.89. The highest BCUT2D eigenvalue weighted by molar-refractivity contribution is 7.13. The highest BCUT2D eigenvalue weighted by Gasteiger charge is 2.11. The molecule has 0 bridgehead atoms. The summed E-state index contributed by atoms with van der Waals surface area (Å²) in [6.45, 7) is 4.08. The standard InChI is InChI=1S/C16H17NO3S/c1-11-3-6-13(7-4-11)9-17-15(18)10-20-16(19)14-8-5-12(2)21-14/h3-8H,9-10H2,1-2H3,(H,17,18). The van der Waals surface area contributed by atoms with E-state index in [0.717, 1.165) is 10.4 Å². The van der Waals surface area contributed by atoms with Crippen molar-refractivity contribution >= 4 is 23.2 Å². The summed E-state index contributed by atoms with van der Waals surface area (Å²) in [4.78, 5) is 24.9. The highest BCUT2D eigenvalue weighted by atomic mass is 32.1. The van der Waals surface area contributed by atoms with Gasteiger partial charge in [0, 0.05) is 11.4 Å². The highest BCUT2D eigenvalue weighted by Crippen LogP contribution is 2.15. The van der Waals surface area contributed by atoms with Crippen LogP contribution in [-0.4, -0.2) is 18.5 Å². The zero-order chi connectivity index (χ0) is 15.2. The van der Waals surface area contributed by atoms with Gasteiger partial charge in [-0.05, 0) is 31.5 Å². The van der Waals surface area contributed by atoms with Crippen molar-refractivity contribution in [2.24, 2.45) is 0 Å². The molecule has 1 aromatic carbocycles. The van der Waals surface area contributed by atoms with E-state index in [2.05, 4.69) is 5.32 Å². The van der Waals surface area contributed by atoms with Crippen LogP contribution in [0.2, 0.25) is 0 Å². The zero-order valence-corrected chi connectivity index (χ0v) is 12.8. The van der Waals surface area contributed by atoms with Gasteiger partial charge in [-0.1, -0.05) is 29.8 Å². The van der Waals surface area contributed by atoms with Crippen LogP contribution in [0.5, 0.6) is 0 Å². The predicted molar refractivity (Wildman–Crippen MR) is 82.4 cm³/mol. The van der Waals surface area contributed by atoms with Crippen molar-refractivity contribution in [1.82, 2.24) is 5.32 Å². The Morgan fingerprint density at radius 3 is 2.43 bits per heavy atom. The Kier molecular flexibility index (Phi) is 5.11. The first kappa shape index (κ1) is 15.3. The molecule has 1 N–H and O–H groups in total. The van der Waals surface area contributed by atoms with Crippen molar-refractivity contribution in [3.05, 3.63) is 57.3 Å². The molecule has 0 aliphatic carbocycles. The number of amides is 1. The van der Waals surface area contributed by atoms with Gasteiger partial charge in [0.1, 0.15) is 4.88 Å². The Labute approximate surface area is 127 Å². The van der Waals surface area contributed by atoms with Crippen LogP contribution < -0.4 is 5.32 Å². The van der Waals surface area contributed by atoms with Crippen molar-refractivity contribution in [3.63, 3.8) is 0 Å². The van der Waals surface area contributed by atoms with E-state index in [-0.39, 0.29) is 12.5 Å². The monoisotopic (exact) mass is 303 g/mol. The fraction of sp³-hybridized carbons (Fsp3) is 0.250. The van der Waals surface area contributed by atoms with Gasteiger partial charge >= 0.3 is 5.97 Å². The van der Waals surface area contributed by atoms with Crippen molar-refractivity contribution in [2.45, 2.75) is 20.4 Å².